The molecule has 0 unspecified atom stereocenters. The molecule has 1 heterocycles. The van der Waals surface area contributed by atoms with Gasteiger partial charge in [0, 0.05) is 11.3 Å². The van der Waals surface area contributed by atoms with E-state index in [9.17, 15) is 5.11 Å². The maximum atomic E-state index is 9.26. The Morgan fingerprint density at radius 3 is 2.39 bits per heavy atom. The second-order valence-electron chi connectivity index (χ2n) is 4.12. The molecule has 0 spiro atoms. The van der Waals surface area contributed by atoms with Gasteiger partial charge >= 0.3 is 0 Å². The highest BCUT2D eigenvalue weighted by atomic mass is 16.5. The first-order chi connectivity index (χ1) is 8.83. The van der Waals surface area contributed by atoms with Crippen molar-refractivity contribution in [1.29, 1.82) is 0 Å². The van der Waals surface area contributed by atoms with E-state index < -0.39 is 0 Å². The number of aromatic hydroxyl groups is 1. The third kappa shape index (κ3) is 2.02. The first-order valence-corrected chi connectivity index (χ1v) is 5.79. The van der Waals surface area contributed by atoms with Crippen molar-refractivity contribution < 1.29 is 9.84 Å². The van der Waals surface area contributed by atoms with Gasteiger partial charge in [-0.05, 0) is 24.3 Å². The van der Waals surface area contributed by atoms with Crippen LogP contribution in [0.15, 0.2) is 60.8 Å². The molecule has 2 aromatic rings. The molecule has 3 nitrogen and oxygen atoms in total. The Hall–Kier alpha value is -2.42. The molecule has 90 valence electrons. The highest BCUT2D eigenvalue weighted by molar-refractivity contribution is 5.67. The van der Waals surface area contributed by atoms with Crippen LogP contribution in [0.2, 0.25) is 0 Å². The van der Waals surface area contributed by atoms with Crippen molar-refractivity contribution in [2.24, 2.45) is 0 Å². The lowest BCUT2D eigenvalue weighted by molar-refractivity contribution is 0.308. The minimum absolute atomic E-state index is 0.270. The minimum Gasteiger partial charge on any atom is -0.508 e. The second-order valence-corrected chi connectivity index (χ2v) is 4.12. The minimum atomic E-state index is 0.270. The smallest absolute Gasteiger partial charge is 0.165 e. The number of hydrogen-bond acceptors (Lipinski definition) is 3. The molecular formula is C15H13NO2. The first kappa shape index (κ1) is 10.7. The van der Waals surface area contributed by atoms with Gasteiger partial charge in [-0.3, -0.25) is 0 Å². The van der Waals surface area contributed by atoms with Crippen LogP contribution in [0, 0.1) is 0 Å². The van der Waals surface area contributed by atoms with Gasteiger partial charge in [0.1, 0.15) is 11.5 Å². The van der Waals surface area contributed by atoms with Crippen LogP contribution in [0.4, 0.5) is 5.69 Å². The van der Waals surface area contributed by atoms with Gasteiger partial charge < -0.3 is 14.7 Å². The van der Waals surface area contributed by atoms with Crippen molar-refractivity contribution in [3.05, 3.63) is 66.4 Å². The fourth-order valence-electron chi connectivity index (χ4n) is 1.91. The summed E-state index contributed by atoms with van der Waals surface area (Å²) in [6, 6.07) is 17.1. The van der Waals surface area contributed by atoms with E-state index in [-0.39, 0.29) is 5.75 Å². The van der Waals surface area contributed by atoms with E-state index in [0.717, 1.165) is 17.0 Å². The molecule has 0 aromatic heterocycles. The maximum Gasteiger partial charge on any atom is 0.165 e. The van der Waals surface area contributed by atoms with E-state index in [1.54, 1.807) is 12.1 Å². The number of ether oxygens (including phenoxy) is 1. The normalized spacial score (nSPS) is 14.2. The molecule has 0 radical (unpaired) electrons. The van der Waals surface area contributed by atoms with Crippen molar-refractivity contribution >= 4 is 11.4 Å². The number of rotatable bonds is 2. The predicted molar refractivity (Wildman–Crippen MR) is 71.0 cm³/mol. The van der Waals surface area contributed by atoms with Crippen LogP contribution in [0.25, 0.3) is 5.76 Å². The van der Waals surface area contributed by atoms with E-state index in [2.05, 4.69) is 0 Å². The average molecular weight is 239 g/mol. The quantitative estimate of drug-likeness (QED) is 0.873. The number of hydrogen-bond donors (Lipinski definition) is 1. The summed E-state index contributed by atoms with van der Waals surface area (Å²) >= 11 is 0. The molecule has 18 heavy (non-hydrogen) atoms. The Kier molecular flexibility index (Phi) is 2.65. The summed E-state index contributed by atoms with van der Waals surface area (Å²) in [6.45, 7) is 0.495. The summed E-state index contributed by atoms with van der Waals surface area (Å²) in [5.41, 5.74) is 2.07. The second kappa shape index (κ2) is 4.45. The molecular weight excluding hydrogens is 226 g/mol. The van der Waals surface area contributed by atoms with Crippen LogP contribution in [0.5, 0.6) is 5.75 Å². The van der Waals surface area contributed by atoms with E-state index >= 15 is 0 Å². The van der Waals surface area contributed by atoms with Crippen molar-refractivity contribution in [2.75, 3.05) is 11.6 Å². The third-order valence-electron chi connectivity index (χ3n) is 2.87. The first-order valence-electron chi connectivity index (χ1n) is 5.79. The molecule has 0 aliphatic carbocycles. The summed E-state index contributed by atoms with van der Waals surface area (Å²) in [6.07, 6.45) is 1.97. The molecule has 1 aliphatic rings. The molecule has 3 heteroatoms. The molecule has 0 saturated carbocycles. The average Bonchev–Trinajstić information content (AvgIpc) is 2.90. The Bertz CT molecular complexity index is 561. The lowest BCUT2D eigenvalue weighted by atomic mass is 10.2. The van der Waals surface area contributed by atoms with Crippen LogP contribution in [0.3, 0.4) is 0 Å². The Balaban J connectivity index is 1.85. The number of anilines is 1. The molecule has 3 rings (SSSR count). The SMILES string of the molecule is Oc1ccc(N2C=C(c3ccccc3)OC2)cc1. The van der Waals surface area contributed by atoms with Crippen molar-refractivity contribution in [3.8, 4) is 5.75 Å². The van der Waals surface area contributed by atoms with Crippen LogP contribution in [0.1, 0.15) is 5.56 Å². The van der Waals surface area contributed by atoms with Crippen molar-refractivity contribution in [2.45, 2.75) is 0 Å². The molecule has 0 amide bonds. The standard InChI is InChI=1S/C15H13NO2/c17-14-8-6-13(7-9-14)16-10-15(18-11-16)12-4-2-1-3-5-12/h1-10,17H,11H2. The van der Waals surface area contributed by atoms with Gasteiger partial charge in [-0.15, -0.1) is 0 Å². The lowest BCUT2D eigenvalue weighted by Crippen LogP contribution is -2.12. The summed E-state index contributed by atoms with van der Waals surface area (Å²) in [5.74, 6) is 1.13. The number of benzene rings is 2. The summed E-state index contributed by atoms with van der Waals surface area (Å²) in [7, 11) is 0. The summed E-state index contributed by atoms with van der Waals surface area (Å²) < 4.78 is 5.66. The molecule has 0 atom stereocenters. The van der Waals surface area contributed by atoms with Gasteiger partial charge in [-0.25, -0.2) is 0 Å². The summed E-state index contributed by atoms with van der Waals surface area (Å²) in [5, 5.41) is 9.26. The highest BCUT2D eigenvalue weighted by Crippen LogP contribution is 2.27. The summed E-state index contributed by atoms with van der Waals surface area (Å²) in [4.78, 5) is 2.00. The Morgan fingerprint density at radius 1 is 0.944 bits per heavy atom. The van der Waals surface area contributed by atoms with Crippen LogP contribution in [-0.4, -0.2) is 11.8 Å². The highest BCUT2D eigenvalue weighted by Gasteiger charge is 2.15. The van der Waals surface area contributed by atoms with Crippen LogP contribution in [-0.2, 0) is 4.74 Å². The van der Waals surface area contributed by atoms with E-state index in [1.165, 1.54) is 0 Å². The Morgan fingerprint density at radius 2 is 1.67 bits per heavy atom. The zero-order valence-electron chi connectivity index (χ0n) is 9.78. The molecule has 0 fully saturated rings. The van der Waals surface area contributed by atoms with E-state index in [0.29, 0.717) is 6.73 Å². The van der Waals surface area contributed by atoms with Gasteiger partial charge in [0.05, 0.1) is 6.20 Å². The topological polar surface area (TPSA) is 32.7 Å². The van der Waals surface area contributed by atoms with Gasteiger partial charge in [0.25, 0.3) is 0 Å². The number of phenolic OH excluding ortho intramolecular Hbond substituents is 1. The molecule has 0 bridgehead atoms. The van der Waals surface area contributed by atoms with Gasteiger partial charge in [0.2, 0.25) is 0 Å². The fourth-order valence-corrected chi connectivity index (χ4v) is 1.91. The van der Waals surface area contributed by atoms with Crippen molar-refractivity contribution in [1.82, 2.24) is 0 Å². The molecule has 0 saturated heterocycles. The molecule has 1 N–H and O–H groups in total. The molecule has 2 aromatic carbocycles. The number of phenols is 1. The van der Waals surface area contributed by atoms with E-state index in [1.807, 2.05) is 53.6 Å². The zero-order chi connectivity index (χ0) is 12.4. The number of nitrogens with zero attached hydrogens (tertiary/aromatic N) is 1. The lowest BCUT2D eigenvalue weighted by Gasteiger charge is -2.12. The van der Waals surface area contributed by atoms with Gasteiger partial charge in [-0.1, -0.05) is 30.3 Å². The third-order valence-corrected chi connectivity index (χ3v) is 2.87. The Labute approximate surface area is 106 Å². The van der Waals surface area contributed by atoms with Crippen LogP contribution < -0.4 is 4.90 Å². The largest absolute Gasteiger partial charge is 0.508 e. The fraction of sp³-hybridized carbons (Fsp3) is 0.0667. The monoisotopic (exact) mass is 239 g/mol. The van der Waals surface area contributed by atoms with Gasteiger partial charge in [0.15, 0.2) is 6.73 Å². The maximum absolute atomic E-state index is 9.26. The van der Waals surface area contributed by atoms with Crippen LogP contribution >= 0.6 is 0 Å². The predicted octanol–water partition coefficient (Wildman–Crippen LogP) is 3.18. The van der Waals surface area contributed by atoms with E-state index in [4.69, 9.17) is 4.74 Å². The van der Waals surface area contributed by atoms with Gasteiger partial charge in [-0.2, -0.15) is 0 Å². The molecule has 1 aliphatic heterocycles. The zero-order valence-corrected chi connectivity index (χ0v) is 9.78. The van der Waals surface area contributed by atoms with Crippen molar-refractivity contribution in [3.63, 3.8) is 0 Å².